The number of benzene rings is 2. The molecule has 0 saturated carbocycles. The highest BCUT2D eigenvalue weighted by Crippen LogP contribution is 2.40. The van der Waals surface area contributed by atoms with Crippen molar-refractivity contribution in [2.24, 2.45) is 5.10 Å². The van der Waals surface area contributed by atoms with Crippen LogP contribution in [0.2, 0.25) is 15.1 Å². The highest BCUT2D eigenvalue weighted by molar-refractivity contribution is 6.36. The second kappa shape index (κ2) is 6.67. The zero-order valence-corrected chi connectivity index (χ0v) is 14.1. The standard InChI is InChI=1S/C16H13Cl3N2O2/c17-10-3-1-9(2-4-10)15-8-13(16(22)23)20-21(15)14-6-5-11(18)7-12(14)19/h1-7,15-16,22-23H,8H2/t15-/m0/s1. The molecule has 2 N–H and O–H groups in total. The number of anilines is 1. The van der Waals surface area contributed by atoms with Gasteiger partial charge in [-0.2, -0.15) is 5.10 Å². The highest BCUT2D eigenvalue weighted by atomic mass is 35.5. The van der Waals surface area contributed by atoms with E-state index < -0.39 is 6.29 Å². The van der Waals surface area contributed by atoms with Crippen LogP contribution in [-0.2, 0) is 0 Å². The largest absolute Gasteiger partial charge is 0.363 e. The third-order valence-corrected chi connectivity index (χ3v) is 4.43. The van der Waals surface area contributed by atoms with Crippen LogP contribution in [0, 0.1) is 0 Å². The molecule has 0 saturated heterocycles. The molecule has 23 heavy (non-hydrogen) atoms. The summed E-state index contributed by atoms with van der Waals surface area (Å²) >= 11 is 18.1. The van der Waals surface area contributed by atoms with Crippen molar-refractivity contribution in [2.45, 2.75) is 18.8 Å². The summed E-state index contributed by atoms with van der Waals surface area (Å²) in [6, 6.07) is 12.2. The quantitative estimate of drug-likeness (QED) is 0.792. The molecule has 0 radical (unpaired) electrons. The van der Waals surface area contributed by atoms with E-state index in [1.54, 1.807) is 35.3 Å². The van der Waals surface area contributed by atoms with Crippen LogP contribution in [0.1, 0.15) is 18.0 Å². The van der Waals surface area contributed by atoms with Crippen LogP contribution >= 0.6 is 34.8 Å². The average Bonchev–Trinajstić information content (AvgIpc) is 2.93. The maximum absolute atomic E-state index is 9.46. The molecule has 0 unspecified atom stereocenters. The van der Waals surface area contributed by atoms with Gasteiger partial charge in [0.05, 0.1) is 22.5 Å². The van der Waals surface area contributed by atoms with Gasteiger partial charge in [-0.25, -0.2) is 0 Å². The molecule has 120 valence electrons. The Morgan fingerprint density at radius 2 is 1.65 bits per heavy atom. The molecule has 1 atom stereocenters. The fourth-order valence-electron chi connectivity index (χ4n) is 2.52. The molecule has 2 aromatic carbocycles. The Kier molecular flexibility index (Phi) is 4.80. The molecule has 0 fully saturated rings. The number of aliphatic hydroxyl groups excluding tert-OH is 1. The molecule has 0 aromatic heterocycles. The van der Waals surface area contributed by atoms with Crippen molar-refractivity contribution in [3.63, 3.8) is 0 Å². The monoisotopic (exact) mass is 370 g/mol. The second-order valence-corrected chi connectivity index (χ2v) is 6.46. The molecule has 4 nitrogen and oxygen atoms in total. The van der Waals surface area contributed by atoms with Crippen molar-refractivity contribution < 1.29 is 10.2 Å². The average molecular weight is 372 g/mol. The number of hydrazone groups is 1. The highest BCUT2D eigenvalue weighted by Gasteiger charge is 2.32. The van der Waals surface area contributed by atoms with Gasteiger partial charge >= 0.3 is 0 Å². The summed E-state index contributed by atoms with van der Waals surface area (Å²) in [4.78, 5) is 0. The van der Waals surface area contributed by atoms with E-state index in [9.17, 15) is 10.2 Å². The van der Waals surface area contributed by atoms with Gasteiger partial charge < -0.3 is 10.2 Å². The SMILES string of the molecule is OC(O)C1=NN(c2ccc(Cl)cc2Cl)[C@H](c2ccc(Cl)cc2)C1. The smallest absolute Gasteiger partial charge is 0.193 e. The molecule has 1 aliphatic rings. The van der Waals surface area contributed by atoms with Crippen LogP contribution in [0.5, 0.6) is 0 Å². The first-order valence-corrected chi connectivity index (χ1v) is 8.02. The van der Waals surface area contributed by atoms with Crippen LogP contribution in [0.4, 0.5) is 5.69 Å². The molecular formula is C16H13Cl3N2O2. The Bertz CT molecular complexity index is 747. The fourth-order valence-corrected chi connectivity index (χ4v) is 3.14. The number of aliphatic hydroxyl groups is 2. The van der Waals surface area contributed by atoms with Gasteiger partial charge in [0.1, 0.15) is 0 Å². The first kappa shape index (κ1) is 16.6. The molecule has 0 spiro atoms. The van der Waals surface area contributed by atoms with Crippen molar-refractivity contribution in [3.8, 4) is 0 Å². The van der Waals surface area contributed by atoms with Crippen LogP contribution in [-0.4, -0.2) is 22.2 Å². The normalized spacial score (nSPS) is 17.7. The van der Waals surface area contributed by atoms with Gasteiger partial charge in [-0.3, -0.25) is 5.01 Å². The van der Waals surface area contributed by atoms with Crippen LogP contribution in [0.25, 0.3) is 0 Å². The van der Waals surface area contributed by atoms with E-state index >= 15 is 0 Å². The first-order valence-electron chi connectivity index (χ1n) is 6.89. The van der Waals surface area contributed by atoms with Gasteiger partial charge in [-0.1, -0.05) is 46.9 Å². The minimum absolute atomic E-state index is 0.206. The molecule has 0 aliphatic carbocycles. The van der Waals surface area contributed by atoms with Crippen molar-refractivity contribution >= 4 is 46.2 Å². The van der Waals surface area contributed by atoms with Crippen molar-refractivity contribution in [1.29, 1.82) is 0 Å². The summed E-state index contributed by atoms with van der Waals surface area (Å²) < 4.78 is 0. The van der Waals surface area contributed by atoms with E-state index in [-0.39, 0.29) is 11.8 Å². The summed E-state index contributed by atoms with van der Waals surface area (Å²) in [5.74, 6) is 0. The molecule has 1 heterocycles. The lowest BCUT2D eigenvalue weighted by molar-refractivity contribution is 0.0184. The summed E-state index contributed by atoms with van der Waals surface area (Å²) in [5, 5.41) is 26.5. The van der Waals surface area contributed by atoms with Gasteiger partial charge in [0.15, 0.2) is 6.29 Å². The van der Waals surface area contributed by atoms with E-state index in [4.69, 9.17) is 34.8 Å². The van der Waals surface area contributed by atoms with E-state index in [1.165, 1.54) is 0 Å². The molecule has 0 bridgehead atoms. The Balaban J connectivity index is 2.03. The Morgan fingerprint density at radius 3 is 2.26 bits per heavy atom. The van der Waals surface area contributed by atoms with Crippen LogP contribution < -0.4 is 5.01 Å². The van der Waals surface area contributed by atoms with Crippen LogP contribution in [0.3, 0.4) is 0 Å². The zero-order valence-electron chi connectivity index (χ0n) is 11.8. The van der Waals surface area contributed by atoms with Crippen molar-refractivity contribution in [3.05, 3.63) is 63.1 Å². The fraction of sp³-hybridized carbons (Fsp3) is 0.188. The molecule has 2 aromatic rings. The van der Waals surface area contributed by atoms with E-state index in [1.807, 2.05) is 12.1 Å². The number of rotatable bonds is 3. The maximum Gasteiger partial charge on any atom is 0.193 e. The summed E-state index contributed by atoms with van der Waals surface area (Å²) in [6.07, 6.45) is -1.24. The van der Waals surface area contributed by atoms with Crippen molar-refractivity contribution in [2.75, 3.05) is 5.01 Å². The van der Waals surface area contributed by atoms with Gasteiger partial charge in [0.25, 0.3) is 0 Å². The van der Waals surface area contributed by atoms with Gasteiger partial charge in [-0.15, -0.1) is 0 Å². The minimum atomic E-state index is -1.61. The summed E-state index contributed by atoms with van der Waals surface area (Å²) in [5.41, 5.74) is 1.86. The Labute approximate surface area is 148 Å². The van der Waals surface area contributed by atoms with Gasteiger partial charge in [0.2, 0.25) is 0 Å². The van der Waals surface area contributed by atoms with E-state index in [0.717, 1.165) is 5.56 Å². The maximum atomic E-state index is 9.46. The summed E-state index contributed by atoms with van der Waals surface area (Å²) in [7, 11) is 0. The lowest BCUT2D eigenvalue weighted by atomic mass is 10.0. The molecule has 3 rings (SSSR count). The molecule has 1 aliphatic heterocycles. The number of hydrogen-bond acceptors (Lipinski definition) is 4. The van der Waals surface area contributed by atoms with Crippen molar-refractivity contribution in [1.82, 2.24) is 0 Å². The van der Waals surface area contributed by atoms with E-state index in [0.29, 0.717) is 27.2 Å². The molecule has 0 amide bonds. The number of nitrogens with zero attached hydrogens (tertiary/aromatic N) is 2. The Hall–Kier alpha value is -1.30. The van der Waals surface area contributed by atoms with Gasteiger partial charge in [0, 0.05) is 16.5 Å². The topological polar surface area (TPSA) is 56.1 Å². The van der Waals surface area contributed by atoms with E-state index in [2.05, 4.69) is 5.10 Å². The lowest BCUT2D eigenvalue weighted by Crippen LogP contribution is -2.19. The third-order valence-electron chi connectivity index (χ3n) is 3.64. The Morgan fingerprint density at radius 1 is 1.00 bits per heavy atom. The zero-order chi connectivity index (χ0) is 16.6. The summed E-state index contributed by atoms with van der Waals surface area (Å²) in [6.45, 7) is 0. The van der Waals surface area contributed by atoms with Crippen LogP contribution in [0.15, 0.2) is 47.6 Å². The number of halogens is 3. The minimum Gasteiger partial charge on any atom is -0.363 e. The third kappa shape index (κ3) is 3.47. The number of hydrogen-bond donors (Lipinski definition) is 2. The van der Waals surface area contributed by atoms with Gasteiger partial charge in [-0.05, 0) is 35.9 Å². The predicted octanol–water partition coefficient (Wildman–Crippen LogP) is 4.26. The predicted molar refractivity (Wildman–Crippen MR) is 93.4 cm³/mol. The molecule has 7 heteroatoms. The first-order chi connectivity index (χ1) is 11.0. The second-order valence-electron chi connectivity index (χ2n) is 5.18. The lowest BCUT2D eigenvalue weighted by Gasteiger charge is -2.25. The molecular weight excluding hydrogens is 359 g/mol.